The van der Waals surface area contributed by atoms with Gasteiger partial charge in [0.05, 0.1) is 22.9 Å². The second-order valence-corrected chi connectivity index (χ2v) is 6.03. The number of aryl methyl sites for hydroxylation is 1. The molecule has 104 valence electrons. The Hall–Kier alpha value is -1.36. The van der Waals surface area contributed by atoms with Gasteiger partial charge in [0.15, 0.2) is 0 Å². The van der Waals surface area contributed by atoms with E-state index in [1.165, 1.54) is 5.56 Å². The average molecular weight is 379 g/mol. The minimum absolute atomic E-state index is 0.259. The van der Waals surface area contributed by atoms with E-state index in [2.05, 4.69) is 29.2 Å². The molecule has 2 aromatic rings. The number of benzene rings is 2. The van der Waals surface area contributed by atoms with Crippen molar-refractivity contribution in [3.8, 4) is 5.75 Å². The Labute approximate surface area is 134 Å². The summed E-state index contributed by atoms with van der Waals surface area (Å²) in [6.45, 7) is 6.29. The van der Waals surface area contributed by atoms with Gasteiger partial charge in [0, 0.05) is 22.8 Å². The van der Waals surface area contributed by atoms with Crippen molar-refractivity contribution in [1.29, 1.82) is 0 Å². The predicted molar refractivity (Wildman–Crippen MR) is 93.0 cm³/mol. The molecule has 0 saturated carbocycles. The second kappa shape index (κ2) is 5.95. The Morgan fingerprint density at radius 3 is 2.40 bits per heavy atom. The molecule has 1 N–H and O–H groups in total. The van der Waals surface area contributed by atoms with E-state index in [0.717, 1.165) is 16.7 Å². The van der Waals surface area contributed by atoms with Gasteiger partial charge in [-0.05, 0) is 24.1 Å². The number of nitrogens with zero attached hydrogens (tertiary/aromatic N) is 1. The van der Waals surface area contributed by atoms with E-state index in [1.54, 1.807) is 6.21 Å². The van der Waals surface area contributed by atoms with Crippen molar-refractivity contribution >= 4 is 29.1 Å². The summed E-state index contributed by atoms with van der Waals surface area (Å²) in [6.07, 6.45) is 1.69. The van der Waals surface area contributed by atoms with Crippen LogP contribution in [0.25, 0.3) is 0 Å². The summed E-state index contributed by atoms with van der Waals surface area (Å²) >= 11 is 1.92. The Bertz CT molecular complexity index is 633. The molecule has 2 nitrogen and oxygen atoms in total. The Morgan fingerprint density at radius 1 is 1.15 bits per heavy atom. The first kappa shape index (κ1) is 15.0. The Kier molecular flexibility index (Phi) is 4.48. The number of aromatic hydroxyl groups is 1. The van der Waals surface area contributed by atoms with Gasteiger partial charge in [-0.25, -0.2) is 3.21 Å². The molecule has 0 aliphatic carbocycles. The van der Waals surface area contributed by atoms with Gasteiger partial charge in [-0.2, -0.15) is 0 Å². The molecule has 20 heavy (non-hydrogen) atoms. The van der Waals surface area contributed by atoms with Gasteiger partial charge in [0.25, 0.3) is 0 Å². The molecule has 0 saturated heterocycles. The highest BCUT2D eigenvalue weighted by Gasteiger charge is 2.27. The molecule has 0 atom stereocenters. The lowest BCUT2D eigenvalue weighted by atomic mass is 9.76. The lowest BCUT2D eigenvalue weighted by molar-refractivity contribution is 0.452. The molecule has 0 unspecified atom stereocenters. The zero-order chi connectivity index (χ0) is 14.8. The number of hydrogen-bond donors (Lipinski definition) is 1. The number of rotatable bonds is 3. The maximum Gasteiger partial charge on any atom is 0.128 e. The SMILES string of the molecule is Cc1cc(C=NI)c(O)c(C(C)(C)c2ccccc2)c1. The van der Waals surface area contributed by atoms with Crippen molar-refractivity contribution in [2.24, 2.45) is 3.21 Å². The molecule has 2 aromatic carbocycles. The van der Waals surface area contributed by atoms with Crippen LogP contribution in [0, 0.1) is 6.92 Å². The maximum absolute atomic E-state index is 10.5. The van der Waals surface area contributed by atoms with E-state index < -0.39 is 0 Å². The first-order chi connectivity index (χ1) is 9.46. The summed E-state index contributed by atoms with van der Waals surface area (Å²) in [4.78, 5) is 0. The third kappa shape index (κ3) is 2.87. The van der Waals surface area contributed by atoms with Crippen LogP contribution in [-0.4, -0.2) is 11.3 Å². The molecule has 0 spiro atoms. The molecular weight excluding hydrogens is 361 g/mol. The summed E-state index contributed by atoms with van der Waals surface area (Å²) in [6, 6.07) is 14.2. The molecule has 2 rings (SSSR count). The summed E-state index contributed by atoms with van der Waals surface area (Å²) in [5.74, 6) is 0.310. The van der Waals surface area contributed by atoms with Crippen LogP contribution >= 0.6 is 22.9 Å². The van der Waals surface area contributed by atoms with E-state index in [0.29, 0.717) is 5.75 Å². The highest BCUT2D eigenvalue weighted by molar-refractivity contribution is 14.1. The first-order valence-electron chi connectivity index (χ1n) is 6.50. The Morgan fingerprint density at radius 2 is 1.80 bits per heavy atom. The van der Waals surface area contributed by atoms with E-state index in [4.69, 9.17) is 0 Å². The molecule has 0 aliphatic heterocycles. The van der Waals surface area contributed by atoms with Crippen molar-refractivity contribution < 1.29 is 5.11 Å². The molecule has 0 heterocycles. The monoisotopic (exact) mass is 379 g/mol. The average Bonchev–Trinajstić information content (AvgIpc) is 2.43. The summed E-state index contributed by atoms with van der Waals surface area (Å²) < 4.78 is 3.99. The van der Waals surface area contributed by atoms with Crippen LogP contribution < -0.4 is 0 Å². The van der Waals surface area contributed by atoms with E-state index in [1.807, 2.05) is 60.1 Å². The highest BCUT2D eigenvalue weighted by Crippen LogP contribution is 2.38. The number of hydrogen-bond acceptors (Lipinski definition) is 2. The minimum atomic E-state index is -0.259. The van der Waals surface area contributed by atoms with Crippen LogP contribution in [0.15, 0.2) is 45.7 Å². The highest BCUT2D eigenvalue weighted by atomic mass is 127. The van der Waals surface area contributed by atoms with E-state index in [9.17, 15) is 5.11 Å². The largest absolute Gasteiger partial charge is 0.507 e. The van der Waals surface area contributed by atoms with Crippen LogP contribution in [-0.2, 0) is 5.41 Å². The molecule has 0 amide bonds. The van der Waals surface area contributed by atoms with Gasteiger partial charge in [-0.15, -0.1) is 0 Å². The summed E-state index contributed by atoms with van der Waals surface area (Å²) in [5, 5.41) is 10.5. The minimum Gasteiger partial charge on any atom is -0.507 e. The lowest BCUT2D eigenvalue weighted by Crippen LogP contribution is -2.19. The molecule has 0 fully saturated rings. The van der Waals surface area contributed by atoms with Gasteiger partial charge >= 0.3 is 0 Å². The molecule has 3 heteroatoms. The van der Waals surface area contributed by atoms with Gasteiger partial charge < -0.3 is 5.11 Å². The maximum atomic E-state index is 10.5. The first-order valence-corrected chi connectivity index (χ1v) is 7.47. The number of halogens is 1. The van der Waals surface area contributed by atoms with Crippen LogP contribution in [0.1, 0.15) is 36.1 Å². The van der Waals surface area contributed by atoms with Crippen LogP contribution in [0.2, 0.25) is 0 Å². The quantitative estimate of drug-likeness (QED) is 0.603. The van der Waals surface area contributed by atoms with Crippen LogP contribution in [0.5, 0.6) is 5.75 Å². The van der Waals surface area contributed by atoms with E-state index >= 15 is 0 Å². The lowest BCUT2D eigenvalue weighted by Gasteiger charge is -2.28. The number of phenols is 1. The second-order valence-electron chi connectivity index (χ2n) is 5.47. The zero-order valence-electron chi connectivity index (χ0n) is 11.9. The van der Waals surface area contributed by atoms with Crippen LogP contribution in [0.4, 0.5) is 0 Å². The fourth-order valence-electron chi connectivity index (χ4n) is 2.44. The van der Waals surface area contributed by atoms with Crippen molar-refractivity contribution in [1.82, 2.24) is 0 Å². The van der Waals surface area contributed by atoms with Crippen molar-refractivity contribution in [3.63, 3.8) is 0 Å². The van der Waals surface area contributed by atoms with Gasteiger partial charge in [-0.1, -0.05) is 50.2 Å². The van der Waals surface area contributed by atoms with Crippen LogP contribution in [0.3, 0.4) is 0 Å². The van der Waals surface area contributed by atoms with E-state index in [-0.39, 0.29) is 5.41 Å². The Balaban J connectivity index is 2.63. The molecular formula is C17H18INO. The fraction of sp³-hybridized carbons (Fsp3) is 0.235. The summed E-state index contributed by atoms with van der Waals surface area (Å²) in [7, 11) is 0. The molecule has 0 aliphatic rings. The topological polar surface area (TPSA) is 32.6 Å². The zero-order valence-corrected chi connectivity index (χ0v) is 14.0. The van der Waals surface area contributed by atoms with Crippen molar-refractivity contribution in [3.05, 3.63) is 64.7 Å². The van der Waals surface area contributed by atoms with Crippen molar-refractivity contribution in [2.45, 2.75) is 26.2 Å². The number of phenolic OH excluding ortho intramolecular Hbond substituents is 1. The fourth-order valence-corrected chi connectivity index (χ4v) is 2.74. The van der Waals surface area contributed by atoms with Gasteiger partial charge in [0.1, 0.15) is 5.75 Å². The summed E-state index contributed by atoms with van der Waals surface area (Å²) in [5.41, 5.74) is 3.73. The third-order valence-electron chi connectivity index (χ3n) is 3.64. The molecule has 0 bridgehead atoms. The molecule has 0 radical (unpaired) electrons. The van der Waals surface area contributed by atoms with Crippen molar-refractivity contribution in [2.75, 3.05) is 0 Å². The smallest absolute Gasteiger partial charge is 0.128 e. The standard InChI is InChI=1S/C17H18INO/c1-12-9-13(11-19-18)16(20)15(10-12)17(2,3)14-7-5-4-6-8-14/h4-11,20H,1-3H3. The normalized spacial score (nSPS) is 12.0. The van der Waals surface area contributed by atoms with Gasteiger partial charge in [0.2, 0.25) is 0 Å². The van der Waals surface area contributed by atoms with Gasteiger partial charge in [-0.3, -0.25) is 0 Å². The third-order valence-corrected chi connectivity index (χ3v) is 3.92. The molecule has 0 aromatic heterocycles. The predicted octanol–water partition coefficient (Wildman–Crippen LogP) is 4.80.